The normalized spacial score (nSPS) is 26.1. The molecule has 0 atom stereocenters. The number of hydrogen-bond acceptors (Lipinski definition) is 2. The third-order valence-electron chi connectivity index (χ3n) is 5.26. The molecule has 1 aliphatic carbocycles. The molecule has 1 saturated carbocycles. The third-order valence-corrected chi connectivity index (χ3v) is 5.26. The molecule has 2 heteroatoms. The fraction of sp³-hybridized carbons (Fsp3) is 0.579. The molecule has 0 heterocycles. The fourth-order valence-corrected chi connectivity index (χ4v) is 3.79. The summed E-state index contributed by atoms with van der Waals surface area (Å²) in [5.41, 5.74) is 1.18. The van der Waals surface area contributed by atoms with Crippen LogP contribution in [0.15, 0.2) is 30.3 Å². The zero-order valence-electron chi connectivity index (χ0n) is 13.3. The zero-order valence-corrected chi connectivity index (χ0v) is 13.3. The van der Waals surface area contributed by atoms with Gasteiger partial charge < -0.3 is 0 Å². The summed E-state index contributed by atoms with van der Waals surface area (Å²) in [5.74, 6) is 0.119. The highest BCUT2D eigenvalue weighted by Gasteiger charge is 2.45. The molecule has 0 amide bonds. The van der Waals surface area contributed by atoms with E-state index in [1.54, 1.807) is 0 Å². The Labute approximate surface area is 128 Å². The van der Waals surface area contributed by atoms with Gasteiger partial charge in [0.15, 0.2) is 0 Å². The molecule has 0 aromatic heterocycles. The van der Waals surface area contributed by atoms with Crippen molar-refractivity contribution in [3.63, 3.8) is 0 Å². The summed E-state index contributed by atoms with van der Waals surface area (Å²) in [6.45, 7) is 6.87. The standard InChI is InChI=1S/C19H24N2/c1-18(2,3)15-9-11-19(12-10-15,17(13-20)14-21)16-7-5-4-6-8-16/h4-8,15,17H,9-12H2,1-3H3. The van der Waals surface area contributed by atoms with Crippen molar-refractivity contribution < 1.29 is 0 Å². The van der Waals surface area contributed by atoms with Gasteiger partial charge in [0.2, 0.25) is 0 Å². The summed E-state index contributed by atoms with van der Waals surface area (Å²) in [4.78, 5) is 0. The van der Waals surface area contributed by atoms with Gasteiger partial charge in [-0.15, -0.1) is 0 Å². The zero-order chi connectivity index (χ0) is 15.5. The Kier molecular flexibility index (Phi) is 4.38. The second-order valence-electron chi connectivity index (χ2n) is 7.35. The first-order valence-corrected chi connectivity index (χ1v) is 7.79. The topological polar surface area (TPSA) is 47.6 Å². The van der Waals surface area contributed by atoms with E-state index in [2.05, 4.69) is 45.0 Å². The lowest BCUT2D eigenvalue weighted by Gasteiger charge is -2.45. The van der Waals surface area contributed by atoms with Gasteiger partial charge in [-0.1, -0.05) is 51.1 Å². The Morgan fingerprint density at radius 3 is 2.00 bits per heavy atom. The third kappa shape index (κ3) is 2.96. The second-order valence-corrected chi connectivity index (χ2v) is 7.35. The van der Waals surface area contributed by atoms with E-state index < -0.39 is 5.92 Å². The molecule has 0 bridgehead atoms. The van der Waals surface area contributed by atoms with Crippen LogP contribution in [0.4, 0.5) is 0 Å². The monoisotopic (exact) mass is 280 g/mol. The van der Waals surface area contributed by atoms with Gasteiger partial charge in [0.25, 0.3) is 0 Å². The first-order valence-electron chi connectivity index (χ1n) is 7.79. The van der Waals surface area contributed by atoms with Crippen LogP contribution in [-0.4, -0.2) is 0 Å². The summed E-state index contributed by atoms with van der Waals surface area (Å²) >= 11 is 0. The molecule has 0 saturated heterocycles. The average Bonchev–Trinajstić information content (AvgIpc) is 2.49. The molecule has 1 aliphatic rings. The minimum Gasteiger partial charge on any atom is -0.197 e. The van der Waals surface area contributed by atoms with Crippen LogP contribution in [0, 0.1) is 39.9 Å². The molecular formula is C19H24N2. The largest absolute Gasteiger partial charge is 0.197 e. The van der Waals surface area contributed by atoms with E-state index in [0.717, 1.165) is 31.2 Å². The Hall–Kier alpha value is -1.80. The summed E-state index contributed by atoms with van der Waals surface area (Å²) in [6, 6.07) is 14.7. The SMILES string of the molecule is CC(C)(C)C1CCC(c2ccccc2)(C(C#N)C#N)CC1. The first kappa shape index (κ1) is 15.6. The lowest BCUT2D eigenvalue weighted by atomic mass is 9.58. The highest BCUT2D eigenvalue weighted by atomic mass is 14.5. The van der Waals surface area contributed by atoms with E-state index in [9.17, 15) is 10.5 Å². The maximum absolute atomic E-state index is 9.46. The Morgan fingerprint density at radius 2 is 1.57 bits per heavy atom. The van der Waals surface area contributed by atoms with Crippen molar-refractivity contribution in [2.45, 2.75) is 51.9 Å². The van der Waals surface area contributed by atoms with Gasteiger partial charge in [-0.25, -0.2) is 0 Å². The van der Waals surface area contributed by atoms with Crippen molar-refractivity contribution in [1.82, 2.24) is 0 Å². The molecule has 110 valence electrons. The maximum atomic E-state index is 9.46. The van der Waals surface area contributed by atoms with Gasteiger partial charge in [0, 0.05) is 5.41 Å². The van der Waals surface area contributed by atoms with Gasteiger partial charge in [0.05, 0.1) is 12.1 Å². The first-order chi connectivity index (χ1) is 9.94. The molecule has 0 spiro atoms. The number of rotatable bonds is 2. The van der Waals surface area contributed by atoms with Crippen molar-refractivity contribution in [1.29, 1.82) is 10.5 Å². The van der Waals surface area contributed by atoms with Crippen molar-refractivity contribution in [3.8, 4) is 12.1 Å². The molecule has 2 rings (SSSR count). The van der Waals surface area contributed by atoms with Crippen LogP contribution in [0.1, 0.15) is 52.0 Å². The quantitative estimate of drug-likeness (QED) is 0.779. The predicted molar refractivity (Wildman–Crippen MR) is 84.2 cm³/mol. The van der Waals surface area contributed by atoms with Crippen LogP contribution in [0.3, 0.4) is 0 Å². The van der Waals surface area contributed by atoms with E-state index in [-0.39, 0.29) is 5.41 Å². The van der Waals surface area contributed by atoms with Crippen molar-refractivity contribution in [3.05, 3.63) is 35.9 Å². The molecular weight excluding hydrogens is 256 g/mol. The van der Waals surface area contributed by atoms with Crippen LogP contribution in [0.5, 0.6) is 0 Å². The van der Waals surface area contributed by atoms with Gasteiger partial charge >= 0.3 is 0 Å². The fourth-order valence-electron chi connectivity index (χ4n) is 3.79. The molecule has 1 aromatic rings. The number of nitrogens with zero attached hydrogens (tertiary/aromatic N) is 2. The van der Waals surface area contributed by atoms with Crippen LogP contribution < -0.4 is 0 Å². The summed E-state index contributed by atoms with van der Waals surface area (Å²) in [6.07, 6.45) is 4.06. The lowest BCUT2D eigenvalue weighted by Crippen LogP contribution is -2.40. The Bertz CT molecular complexity index is 532. The van der Waals surface area contributed by atoms with Crippen molar-refractivity contribution in [2.75, 3.05) is 0 Å². The summed E-state index contributed by atoms with van der Waals surface area (Å²) < 4.78 is 0. The maximum Gasteiger partial charge on any atom is 0.142 e. The number of benzene rings is 1. The van der Waals surface area contributed by atoms with E-state index in [0.29, 0.717) is 11.3 Å². The highest BCUT2D eigenvalue weighted by molar-refractivity contribution is 5.32. The smallest absolute Gasteiger partial charge is 0.142 e. The van der Waals surface area contributed by atoms with Crippen LogP contribution in [0.2, 0.25) is 0 Å². The van der Waals surface area contributed by atoms with Gasteiger partial charge in [-0.3, -0.25) is 0 Å². The van der Waals surface area contributed by atoms with Gasteiger partial charge in [-0.2, -0.15) is 10.5 Å². The van der Waals surface area contributed by atoms with E-state index in [1.165, 1.54) is 0 Å². The molecule has 0 unspecified atom stereocenters. The molecule has 1 fully saturated rings. The molecule has 1 aromatic carbocycles. The molecule has 2 nitrogen and oxygen atoms in total. The highest BCUT2D eigenvalue weighted by Crippen LogP contribution is 2.50. The van der Waals surface area contributed by atoms with E-state index in [1.807, 2.05) is 18.2 Å². The van der Waals surface area contributed by atoms with Crippen LogP contribution >= 0.6 is 0 Å². The van der Waals surface area contributed by atoms with Crippen LogP contribution in [0.25, 0.3) is 0 Å². The van der Waals surface area contributed by atoms with E-state index in [4.69, 9.17) is 0 Å². The summed E-state index contributed by atoms with van der Waals surface area (Å²) in [5, 5.41) is 18.9. The second kappa shape index (κ2) is 5.90. The van der Waals surface area contributed by atoms with E-state index >= 15 is 0 Å². The molecule has 0 radical (unpaired) electrons. The van der Waals surface area contributed by atoms with Crippen molar-refractivity contribution in [2.24, 2.45) is 17.3 Å². The van der Waals surface area contributed by atoms with Gasteiger partial charge in [0.1, 0.15) is 5.92 Å². The van der Waals surface area contributed by atoms with Crippen molar-refractivity contribution >= 4 is 0 Å². The lowest BCUT2D eigenvalue weighted by molar-refractivity contribution is 0.121. The summed E-state index contributed by atoms with van der Waals surface area (Å²) in [7, 11) is 0. The number of hydrogen-bond donors (Lipinski definition) is 0. The Morgan fingerprint density at radius 1 is 1.05 bits per heavy atom. The van der Waals surface area contributed by atoms with Gasteiger partial charge in [-0.05, 0) is 42.6 Å². The minimum atomic E-state index is -0.555. The molecule has 21 heavy (non-hydrogen) atoms. The average molecular weight is 280 g/mol. The molecule has 0 N–H and O–H groups in total. The number of nitriles is 2. The van der Waals surface area contributed by atoms with Crippen LogP contribution in [-0.2, 0) is 5.41 Å². The predicted octanol–water partition coefficient (Wildman–Crippen LogP) is 4.82. The molecule has 0 aliphatic heterocycles. The minimum absolute atomic E-state index is 0.285. The Balaban J connectivity index is 2.34.